The summed E-state index contributed by atoms with van der Waals surface area (Å²) in [6.07, 6.45) is 0.155. The lowest BCUT2D eigenvalue weighted by Gasteiger charge is -2.34. The Kier molecular flexibility index (Phi) is 12.0. The van der Waals surface area contributed by atoms with Crippen LogP contribution in [0, 0.1) is 0 Å². The smallest absolute Gasteiger partial charge is 0.264 e. The molecule has 4 aromatic carbocycles. The number of rotatable bonds is 13. The molecule has 0 aromatic heterocycles. The number of ether oxygens (including phenoxy) is 1. The molecule has 0 saturated heterocycles. The maximum absolute atomic E-state index is 14.6. The molecule has 8 nitrogen and oxygen atoms in total. The van der Waals surface area contributed by atoms with Gasteiger partial charge < -0.3 is 15.0 Å². The Balaban J connectivity index is 1.87. The molecule has 46 heavy (non-hydrogen) atoms. The highest BCUT2D eigenvalue weighted by molar-refractivity contribution is 7.92. The van der Waals surface area contributed by atoms with Crippen LogP contribution in [0.5, 0.6) is 5.75 Å². The lowest BCUT2D eigenvalue weighted by Crippen LogP contribution is -2.54. The number of amides is 2. The van der Waals surface area contributed by atoms with Crippen molar-refractivity contribution >= 4 is 62.3 Å². The Morgan fingerprint density at radius 1 is 0.848 bits per heavy atom. The number of nitrogens with one attached hydrogen (secondary N) is 1. The van der Waals surface area contributed by atoms with Crippen molar-refractivity contribution in [3.05, 3.63) is 123 Å². The molecule has 0 fully saturated rings. The SMILES string of the molecule is COc1ccc(Cl)cc1N(CC(=O)N(Cc1ccc(Cl)cc1Cl)C(Cc1ccccc1)C(=O)NC(C)C)S(=O)(=O)c1ccccc1. The topological polar surface area (TPSA) is 96.0 Å². The predicted molar refractivity (Wildman–Crippen MR) is 183 cm³/mol. The summed E-state index contributed by atoms with van der Waals surface area (Å²) >= 11 is 19.0. The number of hydrogen-bond acceptors (Lipinski definition) is 5. The second kappa shape index (κ2) is 15.7. The first-order valence-electron chi connectivity index (χ1n) is 14.4. The molecule has 242 valence electrons. The van der Waals surface area contributed by atoms with Gasteiger partial charge in [-0.1, -0.05) is 89.4 Å². The van der Waals surface area contributed by atoms with Crippen LogP contribution in [-0.4, -0.2) is 50.9 Å². The van der Waals surface area contributed by atoms with Gasteiger partial charge in [-0.15, -0.1) is 0 Å². The summed E-state index contributed by atoms with van der Waals surface area (Å²) in [6.45, 7) is 2.85. The molecule has 1 unspecified atom stereocenters. The monoisotopic (exact) mass is 701 g/mol. The highest BCUT2D eigenvalue weighted by Crippen LogP contribution is 2.35. The highest BCUT2D eigenvalue weighted by atomic mass is 35.5. The molecule has 4 aromatic rings. The standard InChI is InChI=1S/C34H34Cl3N3O5S/c1-23(2)38-34(42)31(18-24-10-6-4-7-11-24)39(21-25-14-15-26(35)19-29(25)37)33(41)22-40(30-20-27(36)16-17-32(30)45-3)46(43,44)28-12-8-5-9-13-28/h4-17,19-20,23,31H,18,21-22H2,1-3H3,(H,38,42). The largest absolute Gasteiger partial charge is 0.495 e. The maximum atomic E-state index is 14.6. The predicted octanol–water partition coefficient (Wildman–Crippen LogP) is 7.02. The van der Waals surface area contributed by atoms with E-state index in [2.05, 4.69) is 5.32 Å². The van der Waals surface area contributed by atoms with Crippen LogP contribution in [0.2, 0.25) is 15.1 Å². The fraction of sp³-hybridized carbons (Fsp3) is 0.235. The normalized spacial score (nSPS) is 12.0. The van der Waals surface area contributed by atoms with Gasteiger partial charge in [-0.05, 0) is 67.4 Å². The van der Waals surface area contributed by atoms with Gasteiger partial charge >= 0.3 is 0 Å². The van der Waals surface area contributed by atoms with E-state index >= 15 is 0 Å². The molecule has 0 aliphatic rings. The van der Waals surface area contributed by atoms with Crippen LogP contribution in [0.25, 0.3) is 0 Å². The molecular weight excluding hydrogens is 669 g/mol. The number of methoxy groups -OCH3 is 1. The minimum absolute atomic E-state index is 0.0458. The summed E-state index contributed by atoms with van der Waals surface area (Å²) in [5.41, 5.74) is 1.38. The molecule has 0 saturated carbocycles. The Morgan fingerprint density at radius 2 is 1.46 bits per heavy atom. The van der Waals surface area contributed by atoms with Crippen molar-refractivity contribution in [1.82, 2.24) is 10.2 Å². The van der Waals surface area contributed by atoms with Crippen molar-refractivity contribution in [2.24, 2.45) is 0 Å². The van der Waals surface area contributed by atoms with Crippen LogP contribution in [0.1, 0.15) is 25.0 Å². The second-order valence-electron chi connectivity index (χ2n) is 10.8. The zero-order valence-electron chi connectivity index (χ0n) is 25.5. The van der Waals surface area contributed by atoms with Crippen molar-refractivity contribution in [1.29, 1.82) is 0 Å². The van der Waals surface area contributed by atoms with Crippen molar-refractivity contribution < 1.29 is 22.7 Å². The van der Waals surface area contributed by atoms with Gasteiger partial charge in [0.2, 0.25) is 11.8 Å². The van der Waals surface area contributed by atoms with Crippen LogP contribution in [0.3, 0.4) is 0 Å². The van der Waals surface area contributed by atoms with Gasteiger partial charge in [-0.25, -0.2) is 8.42 Å². The summed E-state index contributed by atoms with van der Waals surface area (Å²) in [4.78, 5) is 29.7. The highest BCUT2D eigenvalue weighted by Gasteiger charge is 2.36. The summed E-state index contributed by atoms with van der Waals surface area (Å²) < 4.78 is 34.9. The van der Waals surface area contributed by atoms with E-state index in [4.69, 9.17) is 39.5 Å². The van der Waals surface area contributed by atoms with Gasteiger partial charge in [0.1, 0.15) is 18.3 Å². The van der Waals surface area contributed by atoms with E-state index in [0.29, 0.717) is 15.6 Å². The van der Waals surface area contributed by atoms with Crippen molar-refractivity contribution in [3.63, 3.8) is 0 Å². The molecule has 0 aliphatic carbocycles. The summed E-state index contributed by atoms with van der Waals surface area (Å²) in [7, 11) is -2.95. The molecule has 0 spiro atoms. The quantitative estimate of drug-likeness (QED) is 0.162. The van der Waals surface area contributed by atoms with Crippen molar-refractivity contribution in [2.75, 3.05) is 18.0 Å². The molecule has 1 atom stereocenters. The Labute approximate surface area is 284 Å². The first-order chi connectivity index (χ1) is 21.9. The van der Waals surface area contributed by atoms with Crippen molar-refractivity contribution in [2.45, 2.75) is 43.8 Å². The van der Waals surface area contributed by atoms with Gasteiger partial charge in [0.15, 0.2) is 0 Å². The molecule has 0 bridgehead atoms. The van der Waals surface area contributed by atoms with Crippen LogP contribution >= 0.6 is 34.8 Å². The van der Waals surface area contributed by atoms with E-state index in [1.54, 1.807) is 42.5 Å². The fourth-order valence-corrected chi connectivity index (χ4v) is 6.93. The Hall–Kier alpha value is -3.76. The number of nitrogens with zero attached hydrogens (tertiary/aromatic N) is 2. The zero-order valence-corrected chi connectivity index (χ0v) is 28.6. The van der Waals surface area contributed by atoms with Crippen LogP contribution in [0.15, 0.2) is 102 Å². The lowest BCUT2D eigenvalue weighted by molar-refractivity contribution is -0.140. The Bertz CT molecular complexity index is 1770. The van der Waals surface area contributed by atoms with E-state index in [-0.39, 0.29) is 40.4 Å². The van der Waals surface area contributed by atoms with Crippen molar-refractivity contribution in [3.8, 4) is 5.75 Å². The summed E-state index contributed by atoms with van der Waals surface area (Å²) in [6, 6.07) is 25.1. The number of sulfonamides is 1. The Morgan fingerprint density at radius 3 is 2.07 bits per heavy atom. The van der Waals surface area contributed by atoms with Crippen LogP contribution in [-0.2, 0) is 32.6 Å². The third-order valence-electron chi connectivity index (χ3n) is 7.08. The van der Waals surface area contributed by atoms with Gasteiger partial charge in [0, 0.05) is 34.1 Å². The number of hydrogen-bond donors (Lipinski definition) is 1. The van der Waals surface area contributed by atoms with Gasteiger partial charge in [0.05, 0.1) is 17.7 Å². The molecule has 4 rings (SSSR count). The van der Waals surface area contributed by atoms with Gasteiger partial charge in [-0.3, -0.25) is 13.9 Å². The molecule has 0 aliphatic heterocycles. The first-order valence-corrected chi connectivity index (χ1v) is 17.0. The van der Waals surface area contributed by atoms with E-state index in [1.165, 1.54) is 36.3 Å². The zero-order chi connectivity index (χ0) is 33.4. The van der Waals surface area contributed by atoms with E-state index in [0.717, 1.165) is 9.87 Å². The van der Waals surface area contributed by atoms with Gasteiger partial charge in [0.25, 0.3) is 10.0 Å². The number of benzene rings is 4. The molecular formula is C34H34Cl3N3O5S. The van der Waals surface area contributed by atoms with Crippen LogP contribution in [0.4, 0.5) is 5.69 Å². The minimum atomic E-state index is -4.34. The number of halogens is 3. The first kappa shape index (κ1) is 35.1. The third kappa shape index (κ3) is 8.73. The van der Waals surface area contributed by atoms with Gasteiger partial charge in [-0.2, -0.15) is 0 Å². The van der Waals surface area contributed by atoms with E-state index < -0.39 is 34.4 Å². The van der Waals surface area contributed by atoms with Crippen LogP contribution < -0.4 is 14.4 Å². The average molecular weight is 703 g/mol. The number of carbonyl (C=O) groups excluding carboxylic acids is 2. The summed E-state index contributed by atoms with van der Waals surface area (Å²) in [5, 5.41) is 3.85. The maximum Gasteiger partial charge on any atom is 0.264 e. The number of carbonyl (C=O) groups is 2. The third-order valence-corrected chi connectivity index (χ3v) is 9.67. The minimum Gasteiger partial charge on any atom is -0.495 e. The molecule has 0 radical (unpaired) electrons. The molecule has 0 heterocycles. The summed E-state index contributed by atoms with van der Waals surface area (Å²) in [5.74, 6) is -0.884. The molecule has 2 amide bonds. The second-order valence-corrected chi connectivity index (χ2v) is 13.9. The van der Waals surface area contributed by atoms with E-state index in [9.17, 15) is 18.0 Å². The fourth-order valence-electron chi connectivity index (χ4n) is 4.86. The van der Waals surface area contributed by atoms with E-state index in [1.807, 2.05) is 44.2 Å². The average Bonchev–Trinajstić information content (AvgIpc) is 3.02. The lowest BCUT2D eigenvalue weighted by atomic mass is 10.0. The number of anilines is 1. The molecule has 12 heteroatoms. The molecule has 1 N–H and O–H groups in total.